The maximum atomic E-state index is 10.9. The molecule has 0 aliphatic rings. The second kappa shape index (κ2) is 10.9. The van der Waals surface area contributed by atoms with Crippen molar-refractivity contribution in [1.82, 2.24) is 10.6 Å². The van der Waals surface area contributed by atoms with Crippen LogP contribution in [0.4, 0.5) is 5.69 Å². The van der Waals surface area contributed by atoms with E-state index < -0.39 is 5.60 Å². The number of guanidine groups is 1. The minimum atomic E-state index is -1.06. The minimum absolute atomic E-state index is 0. The summed E-state index contributed by atoms with van der Waals surface area (Å²) < 4.78 is 5.57. The Labute approximate surface area is 191 Å². The Morgan fingerprint density at radius 2 is 1.86 bits per heavy atom. The molecule has 0 bridgehead atoms. The fourth-order valence-corrected chi connectivity index (χ4v) is 3.25. The number of furan rings is 1. The summed E-state index contributed by atoms with van der Waals surface area (Å²) in [5.74, 6) is 2.20. The molecule has 2 rings (SSSR count). The number of benzene rings is 1. The van der Waals surface area contributed by atoms with E-state index in [-0.39, 0.29) is 24.0 Å². The Bertz CT molecular complexity index is 828. The van der Waals surface area contributed by atoms with E-state index in [2.05, 4.69) is 40.7 Å². The van der Waals surface area contributed by atoms with E-state index in [1.54, 1.807) is 6.92 Å². The molecule has 0 amide bonds. The lowest BCUT2D eigenvalue weighted by Gasteiger charge is -2.24. The number of anilines is 1. The molecule has 0 aliphatic carbocycles. The molecule has 162 valence electrons. The third-order valence-electron chi connectivity index (χ3n) is 4.70. The van der Waals surface area contributed by atoms with Crippen molar-refractivity contribution >= 4 is 35.6 Å². The maximum absolute atomic E-state index is 10.9. The van der Waals surface area contributed by atoms with Crippen LogP contribution in [-0.4, -0.2) is 38.3 Å². The lowest BCUT2D eigenvalue weighted by atomic mass is 9.96. The van der Waals surface area contributed by atoms with E-state index >= 15 is 0 Å². The first-order valence-electron chi connectivity index (χ1n) is 9.73. The van der Waals surface area contributed by atoms with Gasteiger partial charge in [-0.15, -0.1) is 24.0 Å². The SMILES string of the molecule is CCNC(=NCc1ccc(C)cc1N(C)C)NCC(C)(O)c1cc(C)oc1C.I. The highest BCUT2D eigenvalue weighted by Gasteiger charge is 2.27. The quantitative estimate of drug-likeness (QED) is 0.298. The van der Waals surface area contributed by atoms with Gasteiger partial charge in [-0.3, -0.25) is 0 Å². The van der Waals surface area contributed by atoms with Crippen LogP contribution in [0.1, 0.15) is 42.1 Å². The lowest BCUT2D eigenvalue weighted by Crippen LogP contribution is -2.44. The Morgan fingerprint density at radius 3 is 2.41 bits per heavy atom. The molecule has 1 aromatic heterocycles. The zero-order chi connectivity index (χ0) is 20.9. The first kappa shape index (κ1) is 25.3. The van der Waals surface area contributed by atoms with Crippen molar-refractivity contribution in [1.29, 1.82) is 0 Å². The van der Waals surface area contributed by atoms with Gasteiger partial charge in [0, 0.05) is 31.9 Å². The fourth-order valence-electron chi connectivity index (χ4n) is 3.25. The summed E-state index contributed by atoms with van der Waals surface area (Å²) >= 11 is 0. The van der Waals surface area contributed by atoms with Gasteiger partial charge < -0.3 is 25.1 Å². The number of nitrogens with zero attached hydrogens (tertiary/aromatic N) is 2. The number of nitrogens with one attached hydrogen (secondary N) is 2. The zero-order valence-corrected chi connectivity index (χ0v) is 20.9. The van der Waals surface area contributed by atoms with Crippen LogP contribution in [0.2, 0.25) is 0 Å². The molecule has 1 unspecified atom stereocenters. The van der Waals surface area contributed by atoms with Gasteiger partial charge in [0.05, 0.1) is 13.1 Å². The van der Waals surface area contributed by atoms with E-state index in [9.17, 15) is 5.11 Å². The van der Waals surface area contributed by atoms with Crippen LogP contribution < -0.4 is 15.5 Å². The first-order chi connectivity index (χ1) is 13.1. The maximum Gasteiger partial charge on any atom is 0.191 e. The number of aliphatic imine (C=N–C) groups is 1. The molecule has 0 aliphatic heterocycles. The molecular formula is C22H35IN4O2. The van der Waals surface area contributed by atoms with E-state index in [0.29, 0.717) is 19.0 Å². The van der Waals surface area contributed by atoms with Gasteiger partial charge in [0.15, 0.2) is 5.96 Å². The molecule has 6 nitrogen and oxygen atoms in total. The smallest absolute Gasteiger partial charge is 0.191 e. The third kappa shape index (κ3) is 6.92. The van der Waals surface area contributed by atoms with E-state index in [0.717, 1.165) is 34.9 Å². The van der Waals surface area contributed by atoms with Crippen molar-refractivity contribution in [2.45, 2.75) is 46.8 Å². The molecule has 2 aromatic rings. The van der Waals surface area contributed by atoms with Crippen molar-refractivity contribution in [3.05, 3.63) is 52.5 Å². The van der Waals surface area contributed by atoms with Gasteiger partial charge >= 0.3 is 0 Å². The molecule has 29 heavy (non-hydrogen) atoms. The highest BCUT2D eigenvalue weighted by atomic mass is 127. The minimum Gasteiger partial charge on any atom is -0.466 e. The topological polar surface area (TPSA) is 73.0 Å². The van der Waals surface area contributed by atoms with Crippen LogP contribution in [0.3, 0.4) is 0 Å². The van der Waals surface area contributed by atoms with Gasteiger partial charge in [0.2, 0.25) is 0 Å². The average Bonchev–Trinajstić information content (AvgIpc) is 2.97. The van der Waals surface area contributed by atoms with Gasteiger partial charge in [0.1, 0.15) is 17.1 Å². The van der Waals surface area contributed by atoms with E-state index in [1.807, 2.05) is 40.9 Å². The van der Waals surface area contributed by atoms with E-state index in [1.165, 1.54) is 5.56 Å². The van der Waals surface area contributed by atoms with Gasteiger partial charge in [0.25, 0.3) is 0 Å². The van der Waals surface area contributed by atoms with Crippen molar-refractivity contribution < 1.29 is 9.52 Å². The summed E-state index contributed by atoms with van der Waals surface area (Å²) in [4.78, 5) is 6.82. The first-order valence-corrected chi connectivity index (χ1v) is 9.73. The molecule has 7 heteroatoms. The van der Waals surface area contributed by atoms with Crippen molar-refractivity contribution in [2.24, 2.45) is 4.99 Å². The number of aryl methyl sites for hydroxylation is 3. The van der Waals surface area contributed by atoms with Crippen LogP contribution >= 0.6 is 24.0 Å². The molecule has 1 atom stereocenters. The third-order valence-corrected chi connectivity index (χ3v) is 4.70. The number of aliphatic hydroxyl groups is 1. The molecule has 3 N–H and O–H groups in total. The van der Waals surface area contributed by atoms with Gasteiger partial charge in [-0.1, -0.05) is 12.1 Å². The average molecular weight is 514 g/mol. The number of hydrogen-bond donors (Lipinski definition) is 3. The highest BCUT2D eigenvalue weighted by Crippen LogP contribution is 2.26. The molecule has 0 saturated heterocycles. The Balaban J connectivity index is 0.00000420. The van der Waals surface area contributed by atoms with Crippen molar-refractivity contribution in [3.63, 3.8) is 0 Å². The monoisotopic (exact) mass is 514 g/mol. The highest BCUT2D eigenvalue weighted by molar-refractivity contribution is 14.0. The van der Waals surface area contributed by atoms with Crippen molar-refractivity contribution in [3.8, 4) is 0 Å². The summed E-state index contributed by atoms with van der Waals surface area (Å²) in [5, 5.41) is 17.4. The van der Waals surface area contributed by atoms with Crippen LogP contribution in [0, 0.1) is 20.8 Å². The van der Waals surface area contributed by atoms with Crippen LogP contribution in [0.15, 0.2) is 33.7 Å². The normalized spacial score (nSPS) is 13.4. The predicted molar refractivity (Wildman–Crippen MR) is 131 cm³/mol. The Morgan fingerprint density at radius 1 is 1.17 bits per heavy atom. The van der Waals surface area contributed by atoms with Crippen LogP contribution in [-0.2, 0) is 12.1 Å². The number of halogens is 1. The Hall–Kier alpha value is -1.74. The molecule has 1 heterocycles. The standard InChI is InChI=1S/C22H34N4O2.HI/c1-8-23-21(24-13-18-10-9-15(2)11-20(18)26(6)7)25-14-22(5,27)19-12-16(3)28-17(19)4;/h9-12,27H,8,13-14H2,1-7H3,(H2,23,24,25);1H. The fraction of sp³-hybridized carbons (Fsp3) is 0.500. The molecule has 1 aromatic carbocycles. The summed E-state index contributed by atoms with van der Waals surface area (Å²) in [6.45, 7) is 11.3. The summed E-state index contributed by atoms with van der Waals surface area (Å²) in [5.41, 5.74) is 3.28. The van der Waals surface area contributed by atoms with Gasteiger partial charge in [-0.25, -0.2) is 4.99 Å². The summed E-state index contributed by atoms with van der Waals surface area (Å²) in [7, 11) is 4.08. The number of hydrogen-bond acceptors (Lipinski definition) is 4. The van der Waals surface area contributed by atoms with Crippen LogP contribution in [0.5, 0.6) is 0 Å². The van der Waals surface area contributed by atoms with Gasteiger partial charge in [-0.2, -0.15) is 0 Å². The lowest BCUT2D eigenvalue weighted by molar-refractivity contribution is 0.0601. The molecule has 0 fully saturated rings. The Kier molecular flexibility index (Phi) is 9.48. The van der Waals surface area contributed by atoms with E-state index in [4.69, 9.17) is 9.41 Å². The molecule has 0 saturated carbocycles. The second-order valence-corrected chi connectivity index (χ2v) is 7.68. The van der Waals surface area contributed by atoms with Crippen LogP contribution in [0.25, 0.3) is 0 Å². The molecule has 0 spiro atoms. The zero-order valence-electron chi connectivity index (χ0n) is 18.6. The van der Waals surface area contributed by atoms with Crippen molar-refractivity contribution in [2.75, 3.05) is 32.1 Å². The summed E-state index contributed by atoms with van der Waals surface area (Å²) in [6, 6.07) is 8.27. The number of rotatable bonds is 7. The largest absolute Gasteiger partial charge is 0.466 e. The molecular weight excluding hydrogens is 479 g/mol. The predicted octanol–water partition coefficient (Wildman–Crippen LogP) is 3.85. The summed E-state index contributed by atoms with van der Waals surface area (Å²) in [6.07, 6.45) is 0. The molecule has 0 radical (unpaired) electrons. The van der Waals surface area contributed by atoms with Gasteiger partial charge in [-0.05, 0) is 57.9 Å². The second-order valence-electron chi connectivity index (χ2n) is 7.68.